The van der Waals surface area contributed by atoms with E-state index in [2.05, 4.69) is 23.9 Å². The van der Waals surface area contributed by atoms with E-state index in [1.165, 1.54) is 30.2 Å². The molecule has 0 aliphatic heterocycles. The van der Waals surface area contributed by atoms with Gasteiger partial charge in [0.25, 0.3) is 0 Å². The Bertz CT molecular complexity index is 567. The molecule has 3 rings (SSSR count). The smallest absolute Gasteiger partial charge is 0.123 e. The Kier molecular flexibility index (Phi) is 2.44. The van der Waals surface area contributed by atoms with Gasteiger partial charge in [-0.3, -0.25) is 0 Å². The molecule has 0 spiro atoms. The fourth-order valence-corrected chi connectivity index (χ4v) is 2.43. The zero-order valence-electron chi connectivity index (χ0n) is 10.3. The standard InChI is InChI=1S/C14H17FN2/c1-9-12-7-10(15)3-6-13(12)17(2)14(9)8-16-11-4-5-11/h3,6-7,11,16H,4-5,8H2,1-2H3. The van der Waals surface area contributed by atoms with Gasteiger partial charge in [-0.1, -0.05) is 0 Å². The van der Waals surface area contributed by atoms with Gasteiger partial charge in [0.05, 0.1) is 0 Å². The van der Waals surface area contributed by atoms with Crippen LogP contribution in [0.25, 0.3) is 10.9 Å². The number of hydrogen-bond donors (Lipinski definition) is 1. The predicted molar refractivity (Wildman–Crippen MR) is 67.5 cm³/mol. The van der Waals surface area contributed by atoms with Crippen LogP contribution in [0.2, 0.25) is 0 Å². The number of halogens is 1. The van der Waals surface area contributed by atoms with Crippen LogP contribution in [0, 0.1) is 12.7 Å². The van der Waals surface area contributed by atoms with E-state index in [9.17, 15) is 4.39 Å². The molecule has 0 saturated heterocycles. The van der Waals surface area contributed by atoms with Crippen LogP contribution in [0.1, 0.15) is 24.1 Å². The summed E-state index contributed by atoms with van der Waals surface area (Å²) in [6.07, 6.45) is 2.58. The molecule has 0 atom stereocenters. The van der Waals surface area contributed by atoms with Crippen molar-refractivity contribution in [2.45, 2.75) is 32.4 Å². The van der Waals surface area contributed by atoms with Gasteiger partial charge in [-0.2, -0.15) is 0 Å². The van der Waals surface area contributed by atoms with E-state index in [0.29, 0.717) is 6.04 Å². The highest BCUT2D eigenvalue weighted by molar-refractivity contribution is 5.85. The molecular formula is C14H17FN2. The minimum atomic E-state index is -0.159. The maximum Gasteiger partial charge on any atom is 0.123 e. The Morgan fingerprint density at radius 2 is 2.18 bits per heavy atom. The molecular weight excluding hydrogens is 215 g/mol. The molecule has 1 aliphatic carbocycles. The molecule has 0 amide bonds. The van der Waals surface area contributed by atoms with Crippen LogP contribution in [-0.2, 0) is 13.6 Å². The molecule has 1 aromatic heterocycles. The first kappa shape index (κ1) is 10.8. The number of aryl methyl sites for hydroxylation is 2. The molecule has 0 radical (unpaired) electrons. The first-order valence-electron chi connectivity index (χ1n) is 6.13. The number of nitrogens with zero attached hydrogens (tertiary/aromatic N) is 1. The Morgan fingerprint density at radius 3 is 2.88 bits per heavy atom. The molecule has 1 aliphatic rings. The zero-order chi connectivity index (χ0) is 12.0. The Morgan fingerprint density at radius 1 is 1.41 bits per heavy atom. The molecule has 1 N–H and O–H groups in total. The third-order valence-corrected chi connectivity index (χ3v) is 3.70. The molecule has 2 nitrogen and oxygen atoms in total. The lowest BCUT2D eigenvalue weighted by Gasteiger charge is -2.06. The topological polar surface area (TPSA) is 17.0 Å². The van der Waals surface area contributed by atoms with Crippen LogP contribution in [0.4, 0.5) is 4.39 Å². The van der Waals surface area contributed by atoms with Gasteiger partial charge in [-0.15, -0.1) is 0 Å². The summed E-state index contributed by atoms with van der Waals surface area (Å²) >= 11 is 0. The van der Waals surface area contributed by atoms with E-state index in [4.69, 9.17) is 0 Å². The van der Waals surface area contributed by atoms with Gasteiger partial charge in [-0.05, 0) is 43.5 Å². The zero-order valence-corrected chi connectivity index (χ0v) is 10.3. The molecule has 2 aromatic rings. The summed E-state index contributed by atoms with van der Waals surface area (Å²) in [5.74, 6) is -0.159. The lowest BCUT2D eigenvalue weighted by Crippen LogP contribution is -2.17. The SMILES string of the molecule is Cc1c(CNC2CC2)n(C)c2ccc(F)cc12. The molecule has 1 heterocycles. The van der Waals surface area contributed by atoms with Crippen molar-refractivity contribution in [3.63, 3.8) is 0 Å². The second-order valence-corrected chi connectivity index (χ2v) is 4.95. The van der Waals surface area contributed by atoms with E-state index in [1.54, 1.807) is 6.07 Å². The maximum atomic E-state index is 13.3. The summed E-state index contributed by atoms with van der Waals surface area (Å²) < 4.78 is 15.4. The summed E-state index contributed by atoms with van der Waals surface area (Å²) in [6.45, 7) is 2.95. The number of fused-ring (bicyclic) bond motifs is 1. The van der Waals surface area contributed by atoms with Gasteiger partial charge < -0.3 is 9.88 Å². The van der Waals surface area contributed by atoms with E-state index >= 15 is 0 Å². The number of hydrogen-bond acceptors (Lipinski definition) is 1. The summed E-state index contributed by atoms with van der Waals surface area (Å²) in [4.78, 5) is 0. The second-order valence-electron chi connectivity index (χ2n) is 4.95. The minimum absolute atomic E-state index is 0.159. The molecule has 0 bridgehead atoms. The van der Waals surface area contributed by atoms with E-state index in [-0.39, 0.29) is 5.82 Å². The van der Waals surface area contributed by atoms with Crippen LogP contribution >= 0.6 is 0 Å². The van der Waals surface area contributed by atoms with E-state index in [1.807, 2.05) is 6.07 Å². The van der Waals surface area contributed by atoms with Gasteiger partial charge in [0.1, 0.15) is 5.82 Å². The number of nitrogens with one attached hydrogen (secondary N) is 1. The number of aromatic nitrogens is 1. The maximum absolute atomic E-state index is 13.3. The average molecular weight is 232 g/mol. The van der Waals surface area contributed by atoms with Crippen molar-refractivity contribution in [3.05, 3.63) is 35.3 Å². The molecule has 1 saturated carbocycles. The summed E-state index contributed by atoms with van der Waals surface area (Å²) in [5, 5.41) is 4.54. The summed E-state index contributed by atoms with van der Waals surface area (Å²) in [5.41, 5.74) is 3.56. The molecule has 1 aromatic carbocycles. The van der Waals surface area contributed by atoms with Crippen molar-refractivity contribution in [3.8, 4) is 0 Å². The van der Waals surface area contributed by atoms with Crippen molar-refractivity contribution in [2.75, 3.05) is 0 Å². The third-order valence-electron chi connectivity index (χ3n) is 3.70. The summed E-state index contributed by atoms with van der Waals surface area (Å²) in [7, 11) is 2.05. The molecule has 3 heteroatoms. The van der Waals surface area contributed by atoms with Gasteiger partial charge in [-0.25, -0.2) is 4.39 Å². The van der Waals surface area contributed by atoms with Crippen molar-refractivity contribution in [1.82, 2.24) is 9.88 Å². The normalized spacial score (nSPS) is 15.7. The number of rotatable bonds is 3. The van der Waals surface area contributed by atoms with Crippen LogP contribution < -0.4 is 5.32 Å². The van der Waals surface area contributed by atoms with Crippen molar-refractivity contribution in [2.24, 2.45) is 7.05 Å². The molecule has 90 valence electrons. The largest absolute Gasteiger partial charge is 0.346 e. The first-order chi connectivity index (χ1) is 8.16. The van der Waals surface area contributed by atoms with Crippen molar-refractivity contribution in [1.29, 1.82) is 0 Å². The lowest BCUT2D eigenvalue weighted by molar-refractivity contribution is 0.629. The van der Waals surface area contributed by atoms with Crippen LogP contribution in [-0.4, -0.2) is 10.6 Å². The van der Waals surface area contributed by atoms with Crippen LogP contribution in [0.15, 0.2) is 18.2 Å². The molecule has 0 unspecified atom stereocenters. The van der Waals surface area contributed by atoms with Gasteiger partial charge in [0.15, 0.2) is 0 Å². The molecule has 17 heavy (non-hydrogen) atoms. The third kappa shape index (κ3) is 1.84. The minimum Gasteiger partial charge on any atom is -0.346 e. The highest BCUT2D eigenvalue weighted by Gasteiger charge is 2.21. The fourth-order valence-electron chi connectivity index (χ4n) is 2.43. The monoisotopic (exact) mass is 232 g/mol. The van der Waals surface area contributed by atoms with Crippen LogP contribution in [0.3, 0.4) is 0 Å². The predicted octanol–water partition coefficient (Wildman–Crippen LogP) is 2.88. The van der Waals surface area contributed by atoms with E-state index in [0.717, 1.165) is 17.4 Å². The number of benzene rings is 1. The Labute approximate surface area is 100 Å². The van der Waals surface area contributed by atoms with Crippen molar-refractivity contribution < 1.29 is 4.39 Å². The second kappa shape index (κ2) is 3.84. The van der Waals surface area contributed by atoms with Crippen molar-refractivity contribution >= 4 is 10.9 Å². The van der Waals surface area contributed by atoms with Gasteiger partial charge >= 0.3 is 0 Å². The fraction of sp³-hybridized carbons (Fsp3) is 0.429. The highest BCUT2D eigenvalue weighted by Crippen LogP contribution is 2.26. The highest BCUT2D eigenvalue weighted by atomic mass is 19.1. The quantitative estimate of drug-likeness (QED) is 0.861. The van der Waals surface area contributed by atoms with E-state index < -0.39 is 0 Å². The Balaban J connectivity index is 2.03. The van der Waals surface area contributed by atoms with Gasteiger partial charge in [0.2, 0.25) is 0 Å². The average Bonchev–Trinajstić information content (AvgIpc) is 3.09. The van der Waals surface area contributed by atoms with Gasteiger partial charge in [0, 0.05) is 36.2 Å². The molecule has 1 fully saturated rings. The first-order valence-corrected chi connectivity index (χ1v) is 6.13. The van der Waals surface area contributed by atoms with Crippen LogP contribution in [0.5, 0.6) is 0 Å². The summed E-state index contributed by atoms with van der Waals surface area (Å²) in [6, 6.07) is 5.72. The Hall–Kier alpha value is -1.35. The lowest BCUT2D eigenvalue weighted by atomic mass is 10.1.